The van der Waals surface area contributed by atoms with Crippen LogP contribution in [0.5, 0.6) is 0 Å². The molecule has 0 radical (unpaired) electrons. The predicted molar refractivity (Wildman–Crippen MR) is 71.0 cm³/mol. The average molecular weight is 294 g/mol. The molecule has 1 aromatic heterocycles. The third kappa shape index (κ3) is 2.18. The quantitative estimate of drug-likeness (QED) is 0.848. The number of carbonyl (C=O) groups excluding carboxylic acids is 2. The zero-order chi connectivity index (χ0) is 14.3. The Morgan fingerprint density at radius 3 is 2.80 bits per heavy atom. The second kappa shape index (κ2) is 4.90. The maximum absolute atomic E-state index is 12.4. The van der Waals surface area contributed by atoms with Crippen molar-refractivity contribution in [3.05, 3.63) is 22.4 Å². The van der Waals surface area contributed by atoms with Crippen LogP contribution >= 0.6 is 11.3 Å². The highest BCUT2D eigenvalue weighted by Gasteiger charge is 2.51. The van der Waals surface area contributed by atoms with Crippen LogP contribution in [0, 0.1) is 11.8 Å². The smallest absolute Gasteiger partial charge is 0.307 e. The molecule has 0 aromatic carbocycles. The number of hydrogen-bond acceptors (Lipinski definition) is 4. The first-order chi connectivity index (χ1) is 9.59. The zero-order valence-electron chi connectivity index (χ0n) is 10.6. The number of carboxylic acids is 1. The van der Waals surface area contributed by atoms with Gasteiger partial charge in [-0.15, -0.1) is 11.3 Å². The Morgan fingerprint density at radius 1 is 1.40 bits per heavy atom. The summed E-state index contributed by atoms with van der Waals surface area (Å²) in [5.41, 5.74) is 0. The third-order valence-electron chi connectivity index (χ3n) is 3.73. The van der Waals surface area contributed by atoms with Crippen molar-refractivity contribution >= 4 is 29.1 Å². The van der Waals surface area contributed by atoms with Crippen molar-refractivity contribution in [1.29, 1.82) is 0 Å². The van der Waals surface area contributed by atoms with E-state index in [9.17, 15) is 14.4 Å². The van der Waals surface area contributed by atoms with Crippen LogP contribution in [0.3, 0.4) is 0 Å². The van der Waals surface area contributed by atoms with Crippen molar-refractivity contribution in [2.24, 2.45) is 11.8 Å². The molecule has 7 heteroatoms. The van der Waals surface area contributed by atoms with Gasteiger partial charge in [0.1, 0.15) is 6.04 Å². The lowest BCUT2D eigenvalue weighted by Gasteiger charge is -2.34. The van der Waals surface area contributed by atoms with Gasteiger partial charge in [-0.3, -0.25) is 14.4 Å². The molecule has 0 unspecified atom stereocenters. The Hall–Kier alpha value is -1.89. The largest absolute Gasteiger partial charge is 0.481 e. The number of thiophene rings is 1. The molecule has 6 nitrogen and oxygen atoms in total. The van der Waals surface area contributed by atoms with Gasteiger partial charge in [0.05, 0.1) is 11.8 Å². The Kier molecular flexibility index (Phi) is 3.21. The number of nitrogens with zero attached hydrogens (tertiary/aromatic N) is 1. The Balaban J connectivity index is 1.81. The van der Waals surface area contributed by atoms with E-state index in [1.165, 1.54) is 16.2 Å². The minimum absolute atomic E-state index is 0.195. The standard InChI is InChI=1S/C13H14N2O4S/c16-11-10(9-2-1-5-20-9)15(4-3-14-11)12(17)7-6-8(7)13(18)19/h1-2,5,7-8,10H,3-4,6H2,(H,14,16)(H,18,19)/t7-,8+,10-/m0/s1. The van der Waals surface area contributed by atoms with E-state index in [2.05, 4.69) is 5.32 Å². The van der Waals surface area contributed by atoms with Crippen molar-refractivity contribution in [3.63, 3.8) is 0 Å². The van der Waals surface area contributed by atoms with Crippen LogP contribution in [0.25, 0.3) is 0 Å². The maximum Gasteiger partial charge on any atom is 0.307 e. The lowest BCUT2D eigenvalue weighted by atomic mass is 10.1. The molecule has 3 atom stereocenters. The highest BCUT2D eigenvalue weighted by Crippen LogP contribution is 2.42. The molecule has 106 valence electrons. The van der Waals surface area contributed by atoms with E-state index in [4.69, 9.17) is 5.11 Å². The van der Waals surface area contributed by atoms with Crippen LogP contribution in [-0.2, 0) is 14.4 Å². The fraction of sp³-hybridized carbons (Fsp3) is 0.462. The van der Waals surface area contributed by atoms with Gasteiger partial charge in [-0.2, -0.15) is 0 Å². The van der Waals surface area contributed by atoms with Crippen molar-refractivity contribution < 1.29 is 19.5 Å². The first-order valence-corrected chi connectivity index (χ1v) is 7.32. The van der Waals surface area contributed by atoms with Gasteiger partial charge in [0.25, 0.3) is 0 Å². The molecule has 1 saturated heterocycles. The zero-order valence-corrected chi connectivity index (χ0v) is 11.4. The van der Waals surface area contributed by atoms with Crippen molar-refractivity contribution in [2.75, 3.05) is 13.1 Å². The first kappa shape index (κ1) is 13.1. The summed E-state index contributed by atoms with van der Waals surface area (Å²) in [6.07, 6.45) is 0.378. The maximum atomic E-state index is 12.4. The fourth-order valence-corrected chi connectivity index (χ4v) is 3.42. The predicted octanol–water partition coefficient (Wildman–Crippen LogP) is 0.468. The van der Waals surface area contributed by atoms with Gasteiger partial charge in [-0.25, -0.2) is 0 Å². The van der Waals surface area contributed by atoms with E-state index in [0.717, 1.165) is 4.88 Å². The fourth-order valence-electron chi connectivity index (χ4n) is 2.59. The molecule has 1 saturated carbocycles. The van der Waals surface area contributed by atoms with Crippen LogP contribution in [-0.4, -0.2) is 40.9 Å². The van der Waals surface area contributed by atoms with Crippen LogP contribution in [0.15, 0.2) is 17.5 Å². The van der Waals surface area contributed by atoms with E-state index < -0.39 is 23.8 Å². The summed E-state index contributed by atoms with van der Waals surface area (Å²) in [6, 6.07) is 3.04. The Bertz CT molecular complexity index is 557. The summed E-state index contributed by atoms with van der Waals surface area (Å²) in [5.74, 6) is -2.40. The monoisotopic (exact) mass is 294 g/mol. The second-order valence-corrected chi connectivity index (χ2v) is 6.01. The topological polar surface area (TPSA) is 86.7 Å². The number of piperazine rings is 1. The van der Waals surface area contributed by atoms with Gasteiger partial charge in [-0.1, -0.05) is 6.07 Å². The number of aliphatic carboxylic acids is 1. The third-order valence-corrected chi connectivity index (χ3v) is 4.66. The molecule has 1 aliphatic carbocycles. The summed E-state index contributed by atoms with van der Waals surface area (Å²) < 4.78 is 0. The molecule has 1 aliphatic heterocycles. The van der Waals surface area contributed by atoms with Crippen LogP contribution in [0.2, 0.25) is 0 Å². The molecule has 2 aliphatic rings. The summed E-state index contributed by atoms with van der Waals surface area (Å²) >= 11 is 1.42. The number of rotatable bonds is 3. The lowest BCUT2D eigenvalue weighted by molar-refractivity contribution is -0.146. The van der Waals surface area contributed by atoms with Crippen molar-refractivity contribution in [2.45, 2.75) is 12.5 Å². The summed E-state index contributed by atoms with van der Waals surface area (Å²) in [7, 11) is 0. The highest BCUT2D eigenvalue weighted by atomic mass is 32.1. The number of nitrogens with one attached hydrogen (secondary N) is 1. The number of carbonyl (C=O) groups is 3. The van der Waals surface area contributed by atoms with Crippen LogP contribution in [0.4, 0.5) is 0 Å². The normalized spacial score (nSPS) is 28.9. The van der Waals surface area contributed by atoms with E-state index >= 15 is 0 Å². The molecule has 20 heavy (non-hydrogen) atoms. The van der Waals surface area contributed by atoms with Gasteiger partial charge in [-0.05, 0) is 17.9 Å². The molecule has 3 rings (SSSR count). The van der Waals surface area contributed by atoms with Crippen molar-refractivity contribution in [1.82, 2.24) is 10.2 Å². The van der Waals surface area contributed by atoms with Gasteiger partial charge in [0.15, 0.2) is 0 Å². The molecule has 2 amide bonds. The molecule has 2 N–H and O–H groups in total. The second-order valence-electron chi connectivity index (χ2n) is 5.03. The SMILES string of the molecule is O=C1NCCN(C(=O)[C@H]2C[C@H]2C(=O)O)[C@H]1c1cccs1. The first-order valence-electron chi connectivity index (χ1n) is 6.44. The lowest BCUT2D eigenvalue weighted by Crippen LogP contribution is -2.52. The Labute approximate surface area is 119 Å². The average Bonchev–Trinajstić information content (AvgIpc) is 3.06. The summed E-state index contributed by atoms with van der Waals surface area (Å²) in [4.78, 5) is 37.7. The highest BCUT2D eigenvalue weighted by molar-refractivity contribution is 7.10. The molecule has 1 aromatic rings. The molecule has 2 heterocycles. The van der Waals surface area contributed by atoms with Crippen LogP contribution in [0.1, 0.15) is 17.3 Å². The van der Waals surface area contributed by atoms with E-state index in [-0.39, 0.29) is 11.8 Å². The van der Waals surface area contributed by atoms with Gasteiger partial charge >= 0.3 is 5.97 Å². The van der Waals surface area contributed by atoms with E-state index in [1.807, 2.05) is 17.5 Å². The minimum Gasteiger partial charge on any atom is -0.481 e. The molecule has 0 bridgehead atoms. The molecule has 2 fully saturated rings. The summed E-state index contributed by atoms with van der Waals surface area (Å²) in [5, 5.41) is 13.5. The van der Waals surface area contributed by atoms with Gasteiger partial charge in [0.2, 0.25) is 11.8 Å². The molecule has 0 spiro atoms. The van der Waals surface area contributed by atoms with Crippen LogP contribution < -0.4 is 5.32 Å². The van der Waals surface area contributed by atoms with Crippen molar-refractivity contribution in [3.8, 4) is 0 Å². The summed E-state index contributed by atoms with van der Waals surface area (Å²) in [6.45, 7) is 0.840. The number of hydrogen-bond donors (Lipinski definition) is 2. The van der Waals surface area contributed by atoms with E-state index in [1.54, 1.807) is 0 Å². The Morgan fingerprint density at radius 2 is 2.20 bits per heavy atom. The number of amides is 2. The minimum atomic E-state index is -0.933. The van der Waals surface area contributed by atoms with Gasteiger partial charge in [0, 0.05) is 18.0 Å². The number of carboxylic acid groups (broad SMARTS) is 1. The molecular formula is C13H14N2O4S. The van der Waals surface area contributed by atoms with E-state index in [0.29, 0.717) is 19.5 Å². The molecular weight excluding hydrogens is 280 g/mol. The van der Waals surface area contributed by atoms with Gasteiger partial charge < -0.3 is 15.3 Å².